The number of ketones is 2. The standard InChI is InChI=1S/C26H20BrNO2/c1-18-9-11-19(12-10-18)26(30)17-28-16-21(23-7-2-3-8-24(23)28)13-14-25(29)20-5-4-6-22(27)15-20/h2-16H,17H2,1H3/b14-13+. The number of aromatic nitrogens is 1. The smallest absolute Gasteiger partial charge is 0.185 e. The van der Waals surface area contributed by atoms with Crippen LogP contribution in [0, 0.1) is 6.92 Å². The zero-order chi connectivity index (χ0) is 21.1. The van der Waals surface area contributed by atoms with Gasteiger partial charge in [0, 0.05) is 38.3 Å². The molecular weight excluding hydrogens is 438 g/mol. The lowest BCUT2D eigenvalue weighted by Gasteiger charge is -2.05. The van der Waals surface area contributed by atoms with Crippen LogP contribution in [0.1, 0.15) is 31.8 Å². The Morgan fingerprint density at radius 2 is 1.70 bits per heavy atom. The molecule has 0 unspecified atom stereocenters. The SMILES string of the molecule is Cc1ccc(C(=O)Cn2cc(/C=C/C(=O)c3cccc(Br)c3)c3ccccc32)cc1. The average molecular weight is 458 g/mol. The number of fused-ring (bicyclic) bond motifs is 1. The second-order valence-electron chi connectivity index (χ2n) is 7.23. The van der Waals surface area contributed by atoms with Crippen molar-refractivity contribution in [3.05, 3.63) is 112 Å². The monoisotopic (exact) mass is 457 g/mol. The molecule has 0 bridgehead atoms. The number of nitrogens with zero attached hydrogens (tertiary/aromatic N) is 1. The van der Waals surface area contributed by atoms with Gasteiger partial charge in [0.15, 0.2) is 11.6 Å². The lowest BCUT2D eigenvalue weighted by molar-refractivity contribution is 0.0972. The number of rotatable bonds is 6. The van der Waals surface area contributed by atoms with Crippen LogP contribution in [0.4, 0.5) is 0 Å². The van der Waals surface area contributed by atoms with Crippen molar-refractivity contribution in [1.82, 2.24) is 4.57 Å². The van der Waals surface area contributed by atoms with Crippen LogP contribution in [0.5, 0.6) is 0 Å². The summed E-state index contributed by atoms with van der Waals surface area (Å²) in [5, 5.41) is 1.01. The first kappa shape index (κ1) is 20.0. The molecule has 0 atom stereocenters. The molecule has 30 heavy (non-hydrogen) atoms. The molecule has 4 heteroatoms. The van der Waals surface area contributed by atoms with Crippen molar-refractivity contribution in [3.8, 4) is 0 Å². The third-order valence-electron chi connectivity index (χ3n) is 5.03. The molecule has 0 N–H and O–H groups in total. The topological polar surface area (TPSA) is 39.1 Å². The predicted octanol–water partition coefficient (Wildman–Crippen LogP) is 6.49. The summed E-state index contributed by atoms with van der Waals surface area (Å²) in [6.07, 6.45) is 5.33. The number of benzene rings is 3. The minimum atomic E-state index is -0.0659. The molecule has 0 saturated carbocycles. The van der Waals surface area contributed by atoms with Crippen molar-refractivity contribution in [1.29, 1.82) is 0 Å². The number of hydrogen-bond acceptors (Lipinski definition) is 2. The van der Waals surface area contributed by atoms with Gasteiger partial charge in [-0.2, -0.15) is 0 Å². The van der Waals surface area contributed by atoms with Gasteiger partial charge in [-0.05, 0) is 37.3 Å². The van der Waals surface area contributed by atoms with Crippen molar-refractivity contribution in [3.63, 3.8) is 0 Å². The van der Waals surface area contributed by atoms with Crippen LogP contribution in [0.3, 0.4) is 0 Å². The third kappa shape index (κ3) is 4.34. The molecule has 3 nitrogen and oxygen atoms in total. The van der Waals surface area contributed by atoms with Gasteiger partial charge in [0.05, 0.1) is 6.54 Å². The molecule has 0 aliphatic carbocycles. The summed E-state index contributed by atoms with van der Waals surface area (Å²) in [7, 11) is 0. The second-order valence-corrected chi connectivity index (χ2v) is 8.14. The number of allylic oxidation sites excluding steroid dienone is 1. The maximum atomic E-state index is 12.8. The Kier molecular flexibility index (Phi) is 5.77. The summed E-state index contributed by atoms with van der Waals surface area (Å²) in [5.74, 6) is -0.0136. The molecule has 0 fully saturated rings. The fourth-order valence-electron chi connectivity index (χ4n) is 3.43. The van der Waals surface area contributed by atoms with E-state index in [1.807, 2.05) is 84.4 Å². The van der Waals surface area contributed by atoms with Crippen molar-refractivity contribution in [2.75, 3.05) is 0 Å². The van der Waals surface area contributed by atoms with E-state index in [1.165, 1.54) is 0 Å². The summed E-state index contributed by atoms with van der Waals surface area (Å²) >= 11 is 3.40. The highest BCUT2D eigenvalue weighted by Gasteiger charge is 2.12. The van der Waals surface area contributed by atoms with E-state index in [0.29, 0.717) is 11.1 Å². The lowest BCUT2D eigenvalue weighted by Crippen LogP contribution is -2.09. The fraction of sp³-hybridized carbons (Fsp3) is 0.0769. The maximum Gasteiger partial charge on any atom is 0.185 e. The zero-order valence-corrected chi connectivity index (χ0v) is 18.1. The Morgan fingerprint density at radius 3 is 2.47 bits per heavy atom. The molecule has 0 aliphatic rings. The number of carbonyl (C=O) groups excluding carboxylic acids is 2. The van der Waals surface area contributed by atoms with E-state index in [0.717, 1.165) is 26.5 Å². The van der Waals surface area contributed by atoms with Gasteiger partial charge >= 0.3 is 0 Å². The van der Waals surface area contributed by atoms with Crippen LogP contribution >= 0.6 is 15.9 Å². The Bertz CT molecular complexity index is 1270. The van der Waals surface area contributed by atoms with Crippen molar-refractivity contribution >= 4 is 44.5 Å². The van der Waals surface area contributed by atoms with Crippen LogP contribution in [0.25, 0.3) is 17.0 Å². The van der Waals surface area contributed by atoms with Gasteiger partial charge in [0.25, 0.3) is 0 Å². The molecule has 1 aromatic heterocycles. The van der Waals surface area contributed by atoms with Crippen molar-refractivity contribution < 1.29 is 9.59 Å². The highest BCUT2D eigenvalue weighted by molar-refractivity contribution is 9.10. The highest BCUT2D eigenvalue weighted by atomic mass is 79.9. The van der Waals surface area contributed by atoms with Gasteiger partial charge in [-0.15, -0.1) is 0 Å². The van der Waals surface area contributed by atoms with Gasteiger partial charge in [-0.1, -0.05) is 76.1 Å². The van der Waals surface area contributed by atoms with Gasteiger partial charge in [0.2, 0.25) is 0 Å². The van der Waals surface area contributed by atoms with E-state index in [-0.39, 0.29) is 18.1 Å². The molecule has 0 amide bonds. The quantitative estimate of drug-likeness (QED) is 0.245. The molecule has 148 valence electrons. The largest absolute Gasteiger partial charge is 0.339 e. The van der Waals surface area contributed by atoms with Crippen molar-refractivity contribution in [2.45, 2.75) is 13.5 Å². The van der Waals surface area contributed by atoms with E-state index in [1.54, 1.807) is 18.2 Å². The van der Waals surface area contributed by atoms with Gasteiger partial charge in [-0.3, -0.25) is 9.59 Å². The van der Waals surface area contributed by atoms with Crippen LogP contribution in [-0.4, -0.2) is 16.1 Å². The molecule has 0 spiro atoms. The van der Waals surface area contributed by atoms with Crippen LogP contribution in [0.2, 0.25) is 0 Å². The van der Waals surface area contributed by atoms with Crippen LogP contribution < -0.4 is 0 Å². The average Bonchev–Trinajstić information content (AvgIpc) is 3.10. The van der Waals surface area contributed by atoms with Crippen LogP contribution in [-0.2, 0) is 6.54 Å². The molecule has 0 aliphatic heterocycles. The number of para-hydroxylation sites is 1. The third-order valence-corrected chi connectivity index (χ3v) is 5.52. The predicted molar refractivity (Wildman–Crippen MR) is 125 cm³/mol. The fourth-order valence-corrected chi connectivity index (χ4v) is 3.83. The first-order valence-corrected chi connectivity index (χ1v) is 10.5. The molecule has 0 saturated heterocycles. The number of carbonyl (C=O) groups is 2. The van der Waals surface area contributed by atoms with E-state index in [2.05, 4.69) is 15.9 Å². The zero-order valence-electron chi connectivity index (χ0n) is 16.5. The van der Waals surface area contributed by atoms with E-state index < -0.39 is 0 Å². The second kappa shape index (κ2) is 8.64. The minimum absolute atomic E-state index is 0.0523. The van der Waals surface area contributed by atoms with E-state index >= 15 is 0 Å². The summed E-state index contributed by atoms with van der Waals surface area (Å²) in [6, 6.07) is 22.9. The summed E-state index contributed by atoms with van der Waals surface area (Å²) < 4.78 is 2.81. The van der Waals surface area contributed by atoms with Gasteiger partial charge < -0.3 is 4.57 Å². The lowest BCUT2D eigenvalue weighted by atomic mass is 10.1. The Morgan fingerprint density at radius 1 is 0.933 bits per heavy atom. The Labute approximate surface area is 183 Å². The first-order valence-electron chi connectivity index (χ1n) is 9.67. The normalized spacial score (nSPS) is 11.3. The number of hydrogen-bond donors (Lipinski definition) is 0. The van der Waals surface area contributed by atoms with Gasteiger partial charge in [-0.25, -0.2) is 0 Å². The molecule has 3 aromatic carbocycles. The minimum Gasteiger partial charge on any atom is -0.339 e. The summed E-state index contributed by atoms with van der Waals surface area (Å²) in [5.41, 5.74) is 4.32. The Balaban J connectivity index is 1.63. The molecule has 4 aromatic rings. The molecule has 1 heterocycles. The highest BCUT2D eigenvalue weighted by Crippen LogP contribution is 2.23. The molecular formula is C26H20BrNO2. The van der Waals surface area contributed by atoms with Crippen molar-refractivity contribution in [2.24, 2.45) is 0 Å². The van der Waals surface area contributed by atoms with Gasteiger partial charge in [0.1, 0.15) is 0 Å². The molecule has 4 rings (SSSR count). The summed E-state index contributed by atoms with van der Waals surface area (Å²) in [6.45, 7) is 2.25. The maximum absolute atomic E-state index is 12.8. The number of aryl methyl sites for hydroxylation is 1. The van der Waals surface area contributed by atoms with E-state index in [9.17, 15) is 9.59 Å². The van der Waals surface area contributed by atoms with Crippen LogP contribution in [0.15, 0.2) is 89.5 Å². The van der Waals surface area contributed by atoms with E-state index in [4.69, 9.17) is 0 Å². The number of halogens is 1. The molecule has 0 radical (unpaired) electrons. The Hall–Kier alpha value is -3.24. The first-order chi connectivity index (χ1) is 14.5. The number of Topliss-reactive ketones (excluding diaryl/α,β-unsaturated/α-hetero) is 1. The summed E-state index contributed by atoms with van der Waals surface area (Å²) in [4.78, 5) is 25.3.